The number of hydrogen-bond acceptors (Lipinski definition) is 2. The van der Waals surface area contributed by atoms with E-state index in [1.54, 1.807) is 4.90 Å². The van der Waals surface area contributed by atoms with E-state index in [1.165, 1.54) is 0 Å². The average molecular weight is 241 g/mol. The lowest BCUT2D eigenvalue weighted by atomic mass is 10.0. The molecule has 0 aromatic carbocycles. The third-order valence-electron chi connectivity index (χ3n) is 3.44. The number of likely N-dealkylation sites (tertiary alicyclic amines) is 1. The van der Waals surface area contributed by atoms with Gasteiger partial charge in [-0.15, -0.1) is 0 Å². The summed E-state index contributed by atoms with van der Waals surface area (Å²) in [5, 5.41) is 8.90. The number of hydrogen-bond donors (Lipinski definition) is 1. The number of aliphatic carboxylic acids is 1. The molecule has 1 heterocycles. The molecule has 2 atom stereocenters. The molecule has 1 saturated heterocycles. The fourth-order valence-corrected chi connectivity index (χ4v) is 2.30. The van der Waals surface area contributed by atoms with Gasteiger partial charge in [-0.05, 0) is 19.3 Å². The SMILES string of the molecule is CC(C)CCC[C@@H](C)N1C[C@@H](C(=O)O)CC1=O. The van der Waals surface area contributed by atoms with E-state index in [0.29, 0.717) is 12.5 Å². The Kier molecular flexibility index (Phi) is 4.97. The number of carbonyl (C=O) groups is 2. The predicted octanol–water partition coefficient (Wildman–Crippen LogP) is 2.13. The molecule has 17 heavy (non-hydrogen) atoms. The van der Waals surface area contributed by atoms with Crippen molar-refractivity contribution in [3.63, 3.8) is 0 Å². The topological polar surface area (TPSA) is 57.6 Å². The second-order valence-electron chi connectivity index (χ2n) is 5.46. The fraction of sp³-hybridized carbons (Fsp3) is 0.846. The summed E-state index contributed by atoms with van der Waals surface area (Å²) >= 11 is 0. The fourth-order valence-electron chi connectivity index (χ4n) is 2.30. The van der Waals surface area contributed by atoms with Gasteiger partial charge in [0.15, 0.2) is 0 Å². The highest BCUT2D eigenvalue weighted by atomic mass is 16.4. The molecule has 4 heteroatoms. The van der Waals surface area contributed by atoms with Gasteiger partial charge in [0, 0.05) is 19.0 Å². The Hall–Kier alpha value is -1.06. The summed E-state index contributed by atoms with van der Waals surface area (Å²) in [6.07, 6.45) is 3.40. The minimum absolute atomic E-state index is 0.00514. The van der Waals surface area contributed by atoms with Gasteiger partial charge in [0.2, 0.25) is 5.91 Å². The summed E-state index contributed by atoms with van der Waals surface area (Å²) in [5.41, 5.74) is 0. The predicted molar refractivity (Wildman–Crippen MR) is 65.6 cm³/mol. The van der Waals surface area contributed by atoms with Crippen LogP contribution >= 0.6 is 0 Å². The maximum atomic E-state index is 11.7. The van der Waals surface area contributed by atoms with Gasteiger partial charge in [-0.3, -0.25) is 9.59 Å². The van der Waals surface area contributed by atoms with E-state index in [9.17, 15) is 9.59 Å². The zero-order valence-corrected chi connectivity index (χ0v) is 11.0. The van der Waals surface area contributed by atoms with Crippen LogP contribution in [0.1, 0.15) is 46.5 Å². The van der Waals surface area contributed by atoms with Crippen molar-refractivity contribution in [2.45, 2.75) is 52.5 Å². The molecule has 4 nitrogen and oxygen atoms in total. The van der Waals surface area contributed by atoms with Gasteiger partial charge in [-0.25, -0.2) is 0 Å². The molecular weight excluding hydrogens is 218 g/mol. The first-order chi connectivity index (χ1) is 7.91. The molecule has 1 aliphatic heterocycles. The summed E-state index contributed by atoms with van der Waals surface area (Å²) in [5.74, 6) is -0.678. The highest BCUT2D eigenvalue weighted by Gasteiger charge is 2.36. The number of carboxylic acids is 1. The lowest BCUT2D eigenvalue weighted by Crippen LogP contribution is -2.35. The maximum Gasteiger partial charge on any atom is 0.308 e. The van der Waals surface area contributed by atoms with E-state index in [0.717, 1.165) is 19.3 Å². The van der Waals surface area contributed by atoms with Crippen molar-refractivity contribution < 1.29 is 14.7 Å². The van der Waals surface area contributed by atoms with Crippen LogP contribution in [0, 0.1) is 11.8 Å². The van der Waals surface area contributed by atoms with Gasteiger partial charge in [0.05, 0.1) is 5.92 Å². The number of rotatable bonds is 6. The van der Waals surface area contributed by atoms with Crippen LogP contribution in [0.4, 0.5) is 0 Å². The normalized spacial score (nSPS) is 22.2. The van der Waals surface area contributed by atoms with Gasteiger partial charge in [-0.2, -0.15) is 0 Å². The third-order valence-corrected chi connectivity index (χ3v) is 3.44. The second-order valence-corrected chi connectivity index (χ2v) is 5.46. The summed E-state index contributed by atoms with van der Waals surface area (Å²) in [4.78, 5) is 24.3. The van der Waals surface area contributed by atoms with Gasteiger partial charge < -0.3 is 10.0 Å². The monoisotopic (exact) mass is 241 g/mol. The number of amides is 1. The summed E-state index contributed by atoms with van der Waals surface area (Å²) < 4.78 is 0. The number of carbonyl (C=O) groups excluding carboxylic acids is 1. The Bertz CT molecular complexity index is 288. The standard InChI is InChI=1S/C13H23NO3/c1-9(2)5-4-6-10(3)14-8-11(13(16)17)7-12(14)15/h9-11H,4-8H2,1-3H3,(H,16,17)/t10-,11+/m1/s1. The van der Waals surface area contributed by atoms with E-state index in [-0.39, 0.29) is 18.4 Å². The Balaban J connectivity index is 2.39. The molecule has 0 saturated carbocycles. The minimum atomic E-state index is -0.852. The van der Waals surface area contributed by atoms with Crippen LogP contribution < -0.4 is 0 Å². The molecule has 0 aliphatic carbocycles. The van der Waals surface area contributed by atoms with Crippen molar-refractivity contribution in [2.24, 2.45) is 11.8 Å². The number of carboxylic acid groups (broad SMARTS) is 1. The van der Waals surface area contributed by atoms with E-state index in [2.05, 4.69) is 13.8 Å². The van der Waals surface area contributed by atoms with Crippen molar-refractivity contribution in [3.8, 4) is 0 Å². The summed E-state index contributed by atoms with van der Waals surface area (Å²) in [6, 6.07) is 0.172. The molecule has 1 fully saturated rings. The molecule has 0 spiro atoms. The van der Waals surface area contributed by atoms with Gasteiger partial charge >= 0.3 is 5.97 Å². The Labute approximate surface area is 103 Å². The second kappa shape index (κ2) is 6.03. The van der Waals surface area contributed by atoms with Crippen molar-refractivity contribution in [2.75, 3.05) is 6.54 Å². The smallest absolute Gasteiger partial charge is 0.308 e. The Morgan fingerprint density at radius 1 is 1.41 bits per heavy atom. The van der Waals surface area contributed by atoms with E-state index < -0.39 is 11.9 Å². The average Bonchev–Trinajstić information content (AvgIpc) is 2.59. The minimum Gasteiger partial charge on any atom is -0.481 e. The first-order valence-corrected chi connectivity index (χ1v) is 6.44. The van der Waals surface area contributed by atoms with E-state index in [4.69, 9.17) is 5.11 Å². The molecule has 1 rings (SSSR count). The number of nitrogens with zero attached hydrogens (tertiary/aromatic N) is 1. The Morgan fingerprint density at radius 3 is 2.53 bits per heavy atom. The van der Waals surface area contributed by atoms with Crippen molar-refractivity contribution in [1.82, 2.24) is 4.90 Å². The molecular formula is C13H23NO3. The summed E-state index contributed by atoms with van der Waals surface area (Å²) in [6.45, 7) is 6.78. The van der Waals surface area contributed by atoms with Crippen LogP contribution in [0.15, 0.2) is 0 Å². The van der Waals surface area contributed by atoms with Crippen LogP contribution in [0.3, 0.4) is 0 Å². The highest BCUT2D eigenvalue weighted by Crippen LogP contribution is 2.23. The third kappa shape index (κ3) is 4.02. The maximum absolute atomic E-state index is 11.7. The Morgan fingerprint density at radius 2 is 2.06 bits per heavy atom. The lowest BCUT2D eigenvalue weighted by molar-refractivity contribution is -0.141. The molecule has 1 N–H and O–H groups in total. The molecule has 1 amide bonds. The molecule has 98 valence electrons. The van der Waals surface area contributed by atoms with E-state index in [1.807, 2.05) is 6.92 Å². The van der Waals surface area contributed by atoms with E-state index >= 15 is 0 Å². The van der Waals surface area contributed by atoms with Crippen LogP contribution in [-0.4, -0.2) is 34.5 Å². The van der Waals surface area contributed by atoms with Crippen LogP contribution in [-0.2, 0) is 9.59 Å². The first kappa shape index (κ1) is 14.0. The molecule has 0 aromatic rings. The lowest BCUT2D eigenvalue weighted by Gasteiger charge is -2.24. The van der Waals surface area contributed by atoms with Crippen LogP contribution in [0.25, 0.3) is 0 Å². The molecule has 0 radical (unpaired) electrons. The summed E-state index contributed by atoms with van der Waals surface area (Å²) in [7, 11) is 0. The van der Waals surface area contributed by atoms with Crippen molar-refractivity contribution in [1.29, 1.82) is 0 Å². The molecule has 0 aromatic heterocycles. The quantitative estimate of drug-likeness (QED) is 0.775. The molecule has 1 aliphatic rings. The molecule has 0 bridgehead atoms. The van der Waals surface area contributed by atoms with Crippen molar-refractivity contribution >= 4 is 11.9 Å². The highest BCUT2D eigenvalue weighted by molar-refractivity contribution is 5.86. The van der Waals surface area contributed by atoms with Crippen molar-refractivity contribution in [3.05, 3.63) is 0 Å². The first-order valence-electron chi connectivity index (χ1n) is 6.44. The van der Waals surface area contributed by atoms with Gasteiger partial charge in [0.1, 0.15) is 0 Å². The van der Waals surface area contributed by atoms with Crippen LogP contribution in [0.2, 0.25) is 0 Å². The van der Waals surface area contributed by atoms with Gasteiger partial charge in [-0.1, -0.05) is 26.7 Å². The molecule has 0 unspecified atom stereocenters. The van der Waals surface area contributed by atoms with Gasteiger partial charge in [0.25, 0.3) is 0 Å². The zero-order valence-electron chi connectivity index (χ0n) is 11.0. The van der Waals surface area contributed by atoms with Crippen LogP contribution in [0.5, 0.6) is 0 Å². The zero-order chi connectivity index (χ0) is 13.0. The largest absolute Gasteiger partial charge is 0.481 e.